The third-order valence-corrected chi connectivity index (χ3v) is 14.7. The molecule has 9 heteroatoms. The molecule has 10 atom stereocenters. The van der Waals surface area contributed by atoms with Crippen LogP contribution in [0, 0.1) is 34.5 Å². The van der Waals surface area contributed by atoms with E-state index in [1.807, 2.05) is 0 Å². The first-order valence-electron chi connectivity index (χ1n) is 18.4. The Morgan fingerprint density at radius 3 is 2.22 bits per heavy atom. The zero-order valence-corrected chi connectivity index (χ0v) is 30.4. The summed E-state index contributed by atoms with van der Waals surface area (Å²) in [6.45, 7) is 19.0. The van der Waals surface area contributed by atoms with Crippen LogP contribution in [0.5, 0.6) is 0 Å². The molecule has 0 radical (unpaired) electrons. The van der Waals surface area contributed by atoms with E-state index < -0.39 is 5.79 Å². The van der Waals surface area contributed by atoms with Crippen molar-refractivity contribution in [1.82, 2.24) is 4.90 Å². The van der Waals surface area contributed by atoms with E-state index in [1.165, 1.54) is 45.2 Å². The molecule has 0 aromatic rings. The van der Waals surface area contributed by atoms with Crippen molar-refractivity contribution >= 4 is 11.9 Å². The molecule has 46 heavy (non-hydrogen) atoms. The Bertz CT molecular complexity index is 1140. The van der Waals surface area contributed by atoms with Gasteiger partial charge in [0.05, 0.1) is 32.8 Å². The van der Waals surface area contributed by atoms with Crippen molar-refractivity contribution in [1.29, 1.82) is 0 Å². The van der Waals surface area contributed by atoms with Crippen LogP contribution in [0.25, 0.3) is 0 Å². The Hall–Kier alpha value is -1.00. The quantitative estimate of drug-likeness (QED) is 0.239. The summed E-state index contributed by atoms with van der Waals surface area (Å²) < 4.78 is 25.7. The summed E-state index contributed by atoms with van der Waals surface area (Å²) in [6, 6.07) is 0.596. The van der Waals surface area contributed by atoms with Crippen LogP contribution in [0.15, 0.2) is 12.7 Å². The third-order valence-electron chi connectivity index (χ3n) is 14.7. The number of carbonyl (C=O) groups is 2. The number of rotatable bonds is 6. The van der Waals surface area contributed by atoms with Gasteiger partial charge in [-0.2, -0.15) is 0 Å². The fourth-order valence-corrected chi connectivity index (χ4v) is 12.7. The molecular formula is C37H59BrN2O6. The summed E-state index contributed by atoms with van der Waals surface area (Å²) in [5.74, 6) is 1.76. The van der Waals surface area contributed by atoms with Crippen molar-refractivity contribution in [3.05, 3.63) is 12.7 Å². The van der Waals surface area contributed by atoms with E-state index in [1.54, 1.807) is 13.8 Å². The molecule has 4 aliphatic carbocycles. The standard InChI is InChI=1S/C37H59N2O6.BrH/c1-6-17-39(18-7-8-19-39)32-23-30-28-10-9-27-22-33(44-25(2)40)31(38-15-13-37(14-16-38)42-20-21-43-37)24-36(27,5)29(28)11-12-35(30,4)34(32)45-26(3)41;/h6,27-34H,1,7-24H2,2-5H3;1H/q+1;/p-1/t27?,28-,29-,30+,31?,32?,33?,34?,35+,36+;/m1./s1. The van der Waals surface area contributed by atoms with Gasteiger partial charge in [0.25, 0.3) is 0 Å². The first-order valence-corrected chi connectivity index (χ1v) is 18.4. The Labute approximate surface area is 287 Å². The predicted molar refractivity (Wildman–Crippen MR) is 171 cm³/mol. The highest BCUT2D eigenvalue weighted by Crippen LogP contribution is 2.68. The zero-order chi connectivity index (χ0) is 31.6. The number of esters is 2. The topological polar surface area (TPSA) is 74.3 Å². The number of nitrogens with zero attached hydrogens (tertiary/aromatic N) is 2. The number of carbonyl (C=O) groups excluding carboxylic acids is 2. The first-order chi connectivity index (χ1) is 21.5. The van der Waals surface area contributed by atoms with Crippen LogP contribution in [0.2, 0.25) is 0 Å². The SMILES string of the molecule is C=CC[N+]1(C2C[C@H]3[C@@H]4CCC5CC(OC(C)=O)C(N6CCC7(CC6)OCCO7)C[C@]5(C)[C@@H]4CC[C@]3(C)C2OC(C)=O)CCCC1.[Br-]. The van der Waals surface area contributed by atoms with Gasteiger partial charge in [0.2, 0.25) is 0 Å². The monoisotopic (exact) mass is 706 g/mol. The van der Waals surface area contributed by atoms with Crippen molar-refractivity contribution < 1.29 is 50.0 Å². The van der Waals surface area contributed by atoms with E-state index in [4.69, 9.17) is 18.9 Å². The Morgan fingerprint density at radius 2 is 1.59 bits per heavy atom. The number of hydrogen-bond donors (Lipinski definition) is 0. The molecule has 0 amide bonds. The molecule has 1 spiro atoms. The van der Waals surface area contributed by atoms with Gasteiger partial charge >= 0.3 is 11.9 Å². The number of quaternary nitrogens is 1. The molecule has 5 unspecified atom stereocenters. The predicted octanol–water partition coefficient (Wildman–Crippen LogP) is 2.49. The highest BCUT2D eigenvalue weighted by atomic mass is 79.9. The average Bonchev–Trinajstić information content (AvgIpc) is 3.72. The number of hydrogen-bond acceptors (Lipinski definition) is 7. The number of fused-ring (bicyclic) bond motifs is 5. The molecule has 4 saturated carbocycles. The summed E-state index contributed by atoms with van der Waals surface area (Å²) in [5.41, 5.74) is 0.226. The van der Waals surface area contributed by atoms with Crippen molar-refractivity contribution in [2.24, 2.45) is 34.5 Å². The molecule has 3 aliphatic heterocycles. The van der Waals surface area contributed by atoms with Gasteiger partial charge in [0.15, 0.2) is 11.9 Å². The van der Waals surface area contributed by atoms with E-state index >= 15 is 0 Å². The first kappa shape index (κ1) is 34.8. The lowest BCUT2D eigenvalue weighted by Crippen LogP contribution is -3.00. The molecule has 260 valence electrons. The minimum Gasteiger partial charge on any atom is -1.00 e. The second kappa shape index (κ2) is 13.0. The van der Waals surface area contributed by atoms with Crippen LogP contribution < -0.4 is 17.0 Å². The number of likely N-dealkylation sites (tertiary alicyclic amines) is 2. The fraction of sp³-hybridized carbons (Fsp3) is 0.892. The van der Waals surface area contributed by atoms with Crippen molar-refractivity contribution in [2.45, 2.75) is 128 Å². The summed E-state index contributed by atoms with van der Waals surface area (Å²) in [5, 5.41) is 0. The largest absolute Gasteiger partial charge is 1.00 e. The summed E-state index contributed by atoms with van der Waals surface area (Å²) in [4.78, 5) is 27.6. The fourth-order valence-electron chi connectivity index (χ4n) is 12.7. The molecule has 0 aromatic heterocycles. The van der Waals surface area contributed by atoms with Gasteiger partial charge in [0.1, 0.15) is 12.1 Å². The molecule has 8 nitrogen and oxygen atoms in total. The van der Waals surface area contributed by atoms with E-state index in [0.717, 1.165) is 62.6 Å². The Kier molecular flexibility index (Phi) is 9.88. The third kappa shape index (κ3) is 5.74. The number of piperidine rings is 1. The maximum absolute atomic E-state index is 12.6. The number of ether oxygens (including phenoxy) is 4. The molecule has 0 N–H and O–H groups in total. The molecular weight excluding hydrogens is 648 g/mol. The van der Waals surface area contributed by atoms with Gasteiger partial charge < -0.3 is 40.4 Å². The summed E-state index contributed by atoms with van der Waals surface area (Å²) >= 11 is 0. The van der Waals surface area contributed by atoms with Gasteiger partial charge in [-0.25, -0.2) is 0 Å². The van der Waals surface area contributed by atoms with Crippen LogP contribution in [0.4, 0.5) is 0 Å². The van der Waals surface area contributed by atoms with Crippen LogP contribution in [0.1, 0.15) is 98.3 Å². The number of halogens is 1. The summed E-state index contributed by atoms with van der Waals surface area (Å²) in [7, 11) is 0. The Balaban J connectivity index is 0.00000372. The molecule has 7 fully saturated rings. The molecule has 7 aliphatic rings. The Morgan fingerprint density at radius 1 is 0.913 bits per heavy atom. The molecule has 0 aromatic carbocycles. The highest BCUT2D eigenvalue weighted by molar-refractivity contribution is 5.66. The maximum atomic E-state index is 12.6. The lowest BCUT2D eigenvalue weighted by atomic mass is 9.44. The van der Waals surface area contributed by atoms with E-state index in [-0.39, 0.29) is 58.0 Å². The van der Waals surface area contributed by atoms with E-state index in [9.17, 15) is 9.59 Å². The van der Waals surface area contributed by atoms with Crippen LogP contribution in [0.3, 0.4) is 0 Å². The average molecular weight is 708 g/mol. The highest BCUT2D eigenvalue weighted by Gasteiger charge is 2.68. The van der Waals surface area contributed by atoms with E-state index in [2.05, 4.69) is 31.4 Å². The van der Waals surface area contributed by atoms with E-state index in [0.29, 0.717) is 42.9 Å². The second-order valence-corrected chi connectivity index (χ2v) is 16.7. The van der Waals surface area contributed by atoms with Crippen LogP contribution in [-0.2, 0) is 28.5 Å². The maximum Gasteiger partial charge on any atom is 0.303 e. The molecule has 7 rings (SSSR count). The minimum atomic E-state index is -0.406. The molecule has 3 heterocycles. The minimum absolute atomic E-state index is 0. The molecule has 3 saturated heterocycles. The zero-order valence-electron chi connectivity index (χ0n) is 28.9. The van der Waals surface area contributed by atoms with Crippen LogP contribution in [-0.4, -0.2) is 97.3 Å². The smallest absolute Gasteiger partial charge is 0.303 e. The second-order valence-electron chi connectivity index (χ2n) is 16.7. The van der Waals surface area contributed by atoms with Gasteiger partial charge in [-0.1, -0.05) is 20.4 Å². The lowest BCUT2D eigenvalue weighted by Gasteiger charge is -2.62. The molecule has 0 bridgehead atoms. The van der Waals surface area contributed by atoms with Crippen molar-refractivity contribution in [2.75, 3.05) is 45.9 Å². The van der Waals surface area contributed by atoms with Crippen molar-refractivity contribution in [3.63, 3.8) is 0 Å². The lowest BCUT2D eigenvalue weighted by molar-refractivity contribution is -0.937. The van der Waals surface area contributed by atoms with Gasteiger partial charge in [-0.3, -0.25) is 14.5 Å². The summed E-state index contributed by atoms with van der Waals surface area (Å²) in [6.07, 6.45) is 14.3. The van der Waals surface area contributed by atoms with Gasteiger partial charge in [-0.15, -0.1) is 0 Å². The van der Waals surface area contributed by atoms with Gasteiger partial charge in [0, 0.05) is 70.5 Å². The normalized spacial score (nSPS) is 44.3. The van der Waals surface area contributed by atoms with Crippen LogP contribution >= 0.6 is 0 Å². The van der Waals surface area contributed by atoms with Crippen molar-refractivity contribution in [3.8, 4) is 0 Å². The van der Waals surface area contributed by atoms with Gasteiger partial charge in [-0.05, 0) is 73.7 Å².